The largest absolute Gasteiger partial charge is 0.394 e. The third-order valence-corrected chi connectivity index (χ3v) is 2.43. The summed E-state index contributed by atoms with van der Waals surface area (Å²) in [6.45, 7) is -0.184. The zero-order valence-corrected chi connectivity index (χ0v) is 7.33. The van der Waals surface area contributed by atoms with Crippen LogP contribution in [0.4, 0.5) is 0 Å². The van der Waals surface area contributed by atoms with Crippen LogP contribution in [-0.4, -0.2) is 33.8 Å². The predicted molar refractivity (Wildman–Crippen MR) is 45.8 cm³/mol. The first-order valence-electron chi connectivity index (χ1n) is 3.58. The van der Waals surface area contributed by atoms with Gasteiger partial charge in [0.05, 0.1) is 18.9 Å². The lowest BCUT2D eigenvalue weighted by molar-refractivity contribution is 0.113. The van der Waals surface area contributed by atoms with Crippen molar-refractivity contribution in [2.24, 2.45) is 0 Å². The number of nitrogens with zero attached hydrogens (tertiary/aromatic N) is 1. The topological polar surface area (TPSA) is 66.5 Å². The highest BCUT2D eigenvalue weighted by molar-refractivity contribution is 7.98. The Labute approximate surface area is 74.6 Å². The van der Waals surface area contributed by atoms with Crippen molar-refractivity contribution in [1.82, 2.24) is 5.16 Å². The second kappa shape index (κ2) is 5.18. The van der Waals surface area contributed by atoms with E-state index in [0.717, 1.165) is 11.3 Å². The molecule has 0 saturated carbocycles. The monoisotopic (exact) mass is 189 g/mol. The van der Waals surface area contributed by atoms with Gasteiger partial charge in [-0.3, -0.25) is 0 Å². The molecule has 0 amide bonds. The van der Waals surface area contributed by atoms with Crippen LogP contribution < -0.4 is 0 Å². The second-order valence-corrected chi connectivity index (χ2v) is 3.41. The van der Waals surface area contributed by atoms with Gasteiger partial charge in [-0.2, -0.15) is 11.8 Å². The molecule has 1 aromatic rings. The number of hydrogen-bond acceptors (Lipinski definition) is 5. The fraction of sp³-hybridized carbons (Fsp3) is 0.571. The van der Waals surface area contributed by atoms with Crippen LogP contribution in [0.15, 0.2) is 17.0 Å². The van der Waals surface area contributed by atoms with Gasteiger partial charge in [0.1, 0.15) is 6.26 Å². The first-order valence-corrected chi connectivity index (χ1v) is 4.73. The van der Waals surface area contributed by atoms with Crippen LogP contribution >= 0.6 is 11.8 Å². The Balaban J connectivity index is 2.11. The van der Waals surface area contributed by atoms with Crippen LogP contribution in [0.3, 0.4) is 0 Å². The number of aromatic nitrogens is 1. The van der Waals surface area contributed by atoms with E-state index in [1.807, 2.05) is 0 Å². The lowest BCUT2D eigenvalue weighted by Crippen LogP contribution is -2.14. The molecule has 1 rings (SSSR count). The Hall–Kier alpha value is -0.520. The Kier molecular flexibility index (Phi) is 4.13. The molecule has 0 fully saturated rings. The van der Waals surface area contributed by atoms with E-state index < -0.39 is 6.10 Å². The first kappa shape index (κ1) is 9.57. The van der Waals surface area contributed by atoms with Gasteiger partial charge in [-0.1, -0.05) is 5.16 Å². The van der Waals surface area contributed by atoms with E-state index in [1.165, 1.54) is 11.8 Å². The van der Waals surface area contributed by atoms with Crippen LogP contribution in [0, 0.1) is 0 Å². The van der Waals surface area contributed by atoms with E-state index in [1.54, 1.807) is 12.5 Å². The van der Waals surface area contributed by atoms with Crippen LogP contribution in [0.1, 0.15) is 5.56 Å². The van der Waals surface area contributed by atoms with Crippen LogP contribution in [-0.2, 0) is 5.75 Å². The van der Waals surface area contributed by atoms with Gasteiger partial charge in [-0.05, 0) is 0 Å². The average molecular weight is 189 g/mol. The highest BCUT2D eigenvalue weighted by Crippen LogP contribution is 2.11. The fourth-order valence-electron chi connectivity index (χ4n) is 0.663. The number of rotatable bonds is 5. The minimum Gasteiger partial charge on any atom is -0.394 e. The standard InChI is InChI=1S/C7H11NO3S/c9-2-7(10)5-12-4-6-1-8-11-3-6/h1,3,7,9-10H,2,4-5H2. The van der Waals surface area contributed by atoms with E-state index >= 15 is 0 Å². The molecule has 0 bridgehead atoms. The molecule has 0 spiro atoms. The molecule has 0 aliphatic carbocycles. The maximum Gasteiger partial charge on any atom is 0.127 e. The summed E-state index contributed by atoms with van der Waals surface area (Å²) in [5.41, 5.74) is 0.991. The predicted octanol–water partition coefficient (Wildman–Crippen LogP) is 0.261. The van der Waals surface area contributed by atoms with Crippen molar-refractivity contribution in [1.29, 1.82) is 0 Å². The molecule has 1 atom stereocenters. The van der Waals surface area contributed by atoms with E-state index in [2.05, 4.69) is 9.68 Å². The Morgan fingerprint density at radius 3 is 3.08 bits per heavy atom. The summed E-state index contributed by atoms with van der Waals surface area (Å²) in [5, 5.41) is 21.0. The van der Waals surface area contributed by atoms with Crippen molar-refractivity contribution in [3.05, 3.63) is 18.0 Å². The molecule has 0 aliphatic rings. The van der Waals surface area contributed by atoms with Gasteiger partial charge >= 0.3 is 0 Å². The molecule has 4 nitrogen and oxygen atoms in total. The highest BCUT2D eigenvalue weighted by atomic mass is 32.2. The molecule has 0 aliphatic heterocycles. The number of aliphatic hydroxyl groups excluding tert-OH is 2. The third kappa shape index (κ3) is 3.25. The molecule has 1 aromatic heterocycles. The Bertz CT molecular complexity index is 202. The van der Waals surface area contributed by atoms with Gasteiger partial charge in [0.15, 0.2) is 0 Å². The minimum atomic E-state index is -0.630. The second-order valence-electron chi connectivity index (χ2n) is 2.38. The van der Waals surface area contributed by atoms with E-state index in [9.17, 15) is 0 Å². The zero-order chi connectivity index (χ0) is 8.81. The van der Waals surface area contributed by atoms with Crippen molar-refractivity contribution in [3.63, 3.8) is 0 Å². The van der Waals surface area contributed by atoms with Crippen LogP contribution in [0.2, 0.25) is 0 Å². The van der Waals surface area contributed by atoms with Gasteiger partial charge in [-0.15, -0.1) is 0 Å². The quantitative estimate of drug-likeness (QED) is 0.695. The van der Waals surface area contributed by atoms with Gasteiger partial charge in [0.2, 0.25) is 0 Å². The smallest absolute Gasteiger partial charge is 0.127 e. The number of aliphatic hydroxyl groups is 2. The molecule has 68 valence electrons. The highest BCUT2D eigenvalue weighted by Gasteiger charge is 2.02. The van der Waals surface area contributed by atoms with Gasteiger partial charge in [0.25, 0.3) is 0 Å². The molecule has 5 heteroatoms. The van der Waals surface area contributed by atoms with Gasteiger partial charge < -0.3 is 14.7 Å². The summed E-state index contributed by atoms with van der Waals surface area (Å²) in [5.74, 6) is 1.28. The van der Waals surface area contributed by atoms with Crippen molar-refractivity contribution in [2.45, 2.75) is 11.9 Å². The molecule has 0 radical (unpaired) electrons. The van der Waals surface area contributed by atoms with E-state index in [4.69, 9.17) is 10.2 Å². The maximum absolute atomic E-state index is 8.98. The number of hydrogen-bond donors (Lipinski definition) is 2. The summed E-state index contributed by atoms with van der Waals surface area (Å²) in [7, 11) is 0. The molecule has 1 unspecified atom stereocenters. The summed E-state index contributed by atoms with van der Waals surface area (Å²) in [4.78, 5) is 0. The minimum absolute atomic E-state index is 0.184. The SMILES string of the molecule is OCC(O)CSCc1cnoc1. The molecule has 0 aromatic carbocycles. The lowest BCUT2D eigenvalue weighted by atomic mass is 10.4. The van der Waals surface area contributed by atoms with Crippen LogP contribution in [0.25, 0.3) is 0 Å². The molecule has 2 N–H and O–H groups in total. The Morgan fingerprint density at radius 2 is 2.50 bits per heavy atom. The fourth-order valence-corrected chi connectivity index (χ4v) is 1.54. The summed E-state index contributed by atoms with van der Waals surface area (Å²) < 4.78 is 4.62. The lowest BCUT2D eigenvalue weighted by Gasteiger charge is -2.04. The van der Waals surface area contributed by atoms with Crippen molar-refractivity contribution < 1.29 is 14.7 Å². The summed E-state index contributed by atoms with van der Waals surface area (Å²) in [6.07, 6.45) is 2.58. The first-order chi connectivity index (χ1) is 5.83. The van der Waals surface area contributed by atoms with Gasteiger partial charge in [-0.25, -0.2) is 0 Å². The summed E-state index contributed by atoms with van der Waals surface area (Å²) in [6, 6.07) is 0. The number of thioether (sulfide) groups is 1. The maximum atomic E-state index is 8.98. The molecular formula is C7H11NO3S. The zero-order valence-electron chi connectivity index (χ0n) is 6.51. The summed E-state index contributed by atoms with van der Waals surface area (Å²) >= 11 is 1.53. The van der Waals surface area contributed by atoms with Gasteiger partial charge in [0, 0.05) is 17.1 Å². The molecule has 12 heavy (non-hydrogen) atoms. The van der Waals surface area contributed by atoms with Crippen molar-refractivity contribution in [2.75, 3.05) is 12.4 Å². The van der Waals surface area contributed by atoms with E-state index in [0.29, 0.717) is 5.75 Å². The normalized spacial score (nSPS) is 13.2. The van der Waals surface area contributed by atoms with Crippen molar-refractivity contribution in [3.8, 4) is 0 Å². The van der Waals surface area contributed by atoms with E-state index in [-0.39, 0.29) is 6.61 Å². The molecule has 0 saturated heterocycles. The van der Waals surface area contributed by atoms with Crippen molar-refractivity contribution >= 4 is 11.8 Å². The molecular weight excluding hydrogens is 178 g/mol. The average Bonchev–Trinajstić information content (AvgIpc) is 2.57. The molecule has 1 heterocycles. The third-order valence-electron chi connectivity index (χ3n) is 1.27. The van der Waals surface area contributed by atoms with Crippen LogP contribution in [0.5, 0.6) is 0 Å². The Morgan fingerprint density at radius 1 is 1.67 bits per heavy atom.